The molecule has 1 N–H and O–H groups in total. The summed E-state index contributed by atoms with van der Waals surface area (Å²) in [5.41, 5.74) is 0.878. The maximum Gasteiger partial charge on any atom is 1.00 e. The fraction of sp³-hybridized carbons (Fsp3) is 0.364. The van der Waals surface area contributed by atoms with Gasteiger partial charge in [0.15, 0.2) is 0 Å². The first-order valence-corrected chi connectivity index (χ1v) is 4.68. The van der Waals surface area contributed by atoms with Crippen LogP contribution in [0, 0.1) is 0 Å². The second-order valence-corrected chi connectivity index (χ2v) is 3.02. The number of benzene rings is 1. The average molecular weight is 217 g/mol. The van der Waals surface area contributed by atoms with Gasteiger partial charge in [0.25, 0.3) is 0 Å². The van der Waals surface area contributed by atoms with Crippen LogP contribution < -0.4 is 56.7 Å². The third-order valence-corrected chi connectivity index (χ3v) is 1.81. The van der Waals surface area contributed by atoms with E-state index in [1.807, 2.05) is 30.3 Å². The summed E-state index contributed by atoms with van der Waals surface area (Å²) in [5.74, 6) is 0.105. The summed E-state index contributed by atoms with van der Waals surface area (Å²) >= 11 is 0. The first-order valence-electron chi connectivity index (χ1n) is 4.68. The molecule has 1 amide bonds. The van der Waals surface area contributed by atoms with Gasteiger partial charge in [-0.1, -0.05) is 31.5 Å². The third-order valence-electron chi connectivity index (χ3n) is 1.81. The van der Waals surface area contributed by atoms with Crippen molar-refractivity contribution in [2.45, 2.75) is 26.2 Å². The van der Waals surface area contributed by atoms with E-state index in [4.69, 9.17) is 0 Å². The molecule has 14 heavy (non-hydrogen) atoms. The van der Waals surface area contributed by atoms with Gasteiger partial charge in [0.2, 0.25) is 5.91 Å². The topological polar surface area (TPSA) is 29.1 Å². The van der Waals surface area contributed by atoms with Crippen LogP contribution in [0.2, 0.25) is 0 Å². The monoisotopic (exact) mass is 217 g/mol. The molecule has 0 aromatic heterocycles. The number of nitrogens with one attached hydrogen (secondary N) is 1. The first-order chi connectivity index (χ1) is 6.33. The van der Waals surface area contributed by atoms with Crippen LogP contribution in [0.25, 0.3) is 0 Å². The molecule has 2 nitrogen and oxygen atoms in total. The van der Waals surface area contributed by atoms with Crippen molar-refractivity contribution in [2.75, 3.05) is 5.32 Å². The number of carbonyl (C=O) groups is 1. The van der Waals surface area contributed by atoms with E-state index in [9.17, 15) is 4.79 Å². The van der Waals surface area contributed by atoms with Crippen LogP contribution in [-0.4, -0.2) is 5.91 Å². The predicted molar refractivity (Wildman–Crippen MR) is 55.7 cm³/mol. The molecule has 0 saturated carbocycles. The molecule has 0 fully saturated rings. The molecule has 0 aliphatic carbocycles. The average Bonchev–Trinajstić information content (AvgIpc) is 2.16. The van der Waals surface area contributed by atoms with Crippen LogP contribution in [0.3, 0.4) is 0 Å². The SMILES string of the molecule is CCCCC(=O)Nc1ccccc1.[H-].[K+]. The van der Waals surface area contributed by atoms with E-state index in [0.29, 0.717) is 6.42 Å². The smallest absolute Gasteiger partial charge is 1.00 e. The second-order valence-electron chi connectivity index (χ2n) is 3.02. The molecule has 0 radical (unpaired) electrons. The van der Waals surface area contributed by atoms with Gasteiger partial charge >= 0.3 is 51.4 Å². The summed E-state index contributed by atoms with van der Waals surface area (Å²) in [7, 11) is 0. The largest absolute Gasteiger partial charge is 1.00 e. The quantitative estimate of drug-likeness (QED) is 0.703. The van der Waals surface area contributed by atoms with Gasteiger partial charge in [0.05, 0.1) is 0 Å². The molecular weight excluding hydrogens is 201 g/mol. The number of carbonyl (C=O) groups excluding carboxylic acids is 1. The number of anilines is 1. The molecule has 0 heterocycles. The van der Waals surface area contributed by atoms with Gasteiger partial charge in [-0.15, -0.1) is 0 Å². The number of amides is 1. The second kappa shape index (κ2) is 8.62. The van der Waals surface area contributed by atoms with E-state index >= 15 is 0 Å². The van der Waals surface area contributed by atoms with Gasteiger partial charge in [-0.3, -0.25) is 4.79 Å². The van der Waals surface area contributed by atoms with Crippen molar-refractivity contribution in [3.8, 4) is 0 Å². The predicted octanol–water partition coefficient (Wildman–Crippen LogP) is -0.0682. The summed E-state index contributed by atoms with van der Waals surface area (Å²) in [5, 5.41) is 2.84. The van der Waals surface area contributed by atoms with E-state index < -0.39 is 0 Å². The van der Waals surface area contributed by atoms with Gasteiger partial charge in [0, 0.05) is 12.1 Å². The summed E-state index contributed by atoms with van der Waals surface area (Å²) < 4.78 is 0. The van der Waals surface area contributed by atoms with E-state index in [2.05, 4.69) is 12.2 Å². The number of hydrogen-bond acceptors (Lipinski definition) is 1. The summed E-state index contributed by atoms with van der Waals surface area (Å²) in [6.07, 6.45) is 2.63. The molecular formula is C11H16KNO. The molecule has 1 rings (SSSR count). The zero-order valence-corrected chi connectivity index (χ0v) is 12.0. The maximum absolute atomic E-state index is 11.3. The zero-order valence-electron chi connectivity index (χ0n) is 9.92. The Bertz CT molecular complexity index is 267. The van der Waals surface area contributed by atoms with E-state index in [0.717, 1.165) is 18.5 Å². The minimum absolute atomic E-state index is 0. The summed E-state index contributed by atoms with van der Waals surface area (Å²) in [4.78, 5) is 11.3. The Morgan fingerprint density at radius 2 is 2.00 bits per heavy atom. The van der Waals surface area contributed by atoms with Crippen LogP contribution in [-0.2, 0) is 4.79 Å². The van der Waals surface area contributed by atoms with Gasteiger partial charge in [-0.25, -0.2) is 0 Å². The number of para-hydroxylation sites is 1. The summed E-state index contributed by atoms with van der Waals surface area (Å²) in [6.45, 7) is 2.08. The van der Waals surface area contributed by atoms with Gasteiger partial charge in [0.1, 0.15) is 0 Å². The minimum atomic E-state index is 0. The Labute approximate surface area is 129 Å². The number of hydrogen-bond donors (Lipinski definition) is 1. The summed E-state index contributed by atoms with van der Waals surface area (Å²) in [6, 6.07) is 9.54. The fourth-order valence-corrected chi connectivity index (χ4v) is 1.08. The minimum Gasteiger partial charge on any atom is -1.00 e. The van der Waals surface area contributed by atoms with E-state index in [1.54, 1.807) is 0 Å². The van der Waals surface area contributed by atoms with Crippen molar-refractivity contribution in [3.63, 3.8) is 0 Å². The molecule has 0 aliphatic heterocycles. The molecule has 1 aromatic rings. The van der Waals surface area contributed by atoms with Crippen LogP contribution >= 0.6 is 0 Å². The van der Waals surface area contributed by atoms with Crippen molar-refractivity contribution >= 4 is 11.6 Å². The Morgan fingerprint density at radius 1 is 1.36 bits per heavy atom. The van der Waals surface area contributed by atoms with Crippen LogP contribution in [0.15, 0.2) is 30.3 Å². The van der Waals surface area contributed by atoms with Crippen molar-refractivity contribution in [2.24, 2.45) is 0 Å². The molecule has 0 aliphatic rings. The fourth-order valence-electron chi connectivity index (χ4n) is 1.08. The van der Waals surface area contributed by atoms with Crippen molar-refractivity contribution in [1.82, 2.24) is 0 Å². The van der Waals surface area contributed by atoms with Crippen molar-refractivity contribution < 1.29 is 57.6 Å². The molecule has 0 saturated heterocycles. The van der Waals surface area contributed by atoms with Gasteiger partial charge < -0.3 is 6.74 Å². The van der Waals surface area contributed by atoms with E-state index in [-0.39, 0.29) is 58.7 Å². The number of unbranched alkanes of at least 4 members (excludes halogenated alkanes) is 1. The molecule has 0 unspecified atom stereocenters. The standard InChI is InChI=1S/C11H15NO.K.H/c1-2-3-9-11(13)12-10-7-5-4-6-8-10;;/h4-8H,2-3,9H2,1H3,(H,12,13);;/q;+1;-1. The van der Waals surface area contributed by atoms with Crippen LogP contribution in [0.1, 0.15) is 27.6 Å². The van der Waals surface area contributed by atoms with Gasteiger partial charge in [-0.05, 0) is 18.6 Å². The first kappa shape index (κ1) is 14.3. The third kappa shape index (κ3) is 5.93. The van der Waals surface area contributed by atoms with Crippen LogP contribution in [0.4, 0.5) is 5.69 Å². The Kier molecular flexibility index (Phi) is 8.82. The zero-order chi connectivity index (χ0) is 9.52. The Morgan fingerprint density at radius 3 is 2.57 bits per heavy atom. The molecule has 3 heteroatoms. The molecule has 0 bridgehead atoms. The number of rotatable bonds is 4. The van der Waals surface area contributed by atoms with Crippen molar-refractivity contribution in [3.05, 3.63) is 30.3 Å². The molecule has 0 spiro atoms. The molecule has 72 valence electrons. The van der Waals surface area contributed by atoms with Crippen molar-refractivity contribution in [1.29, 1.82) is 0 Å². The van der Waals surface area contributed by atoms with E-state index in [1.165, 1.54) is 0 Å². The molecule has 1 aromatic carbocycles. The van der Waals surface area contributed by atoms with Gasteiger partial charge in [-0.2, -0.15) is 0 Å². The Hall–Kier alpha value is 0.326. The normalized spacial score (nSPS) is 8.93. The Balaban J connectivity index is 0. The molecule has 0 atom stereocenters. The maximum atomic E-state index is 11.3. The van der Waals surface area contributed by atoms with Crippen LogP contribution in [0.5, 0.6) is 0 Å².